The number of hydrogen-bond acceptors (Lipinski definition) is 2. The van der Waals surface area contributed by atoms with Crippen molar-refractivity contribution in [2.75, 3.05) is 20.6 Å². The maximum Gasteiger partial charge on any atom is 0.275 e. The number of likely N-dealkylation sites (N-methyl/N-ethyl adjacent to an activating group) is 1. The van der Waals surface area contributed by atoms with Gasteiger partial charge in [-0.15, -0.1) is 0 Å². The normalized spacial score (nSPS) is 12.9. The van der Waals surface area contributed by atoms with Crippen LogP contribution in [0.3, 0.4) is 0 Å². The summed E-state index contributed by atoms with van der Waals surface area (Å²) in [6, 6.07) is 15.4. The summed E-state index contributed by atoms with van der Waals surface area (Å²) < 4.78 is 1.02. The minimum absolute atomic E-state index is 0.0138. The molecule has 0 aromatic heterocycles. The standard InChI is InChI=1S/C20H24BrN3O2/c1-14(16-8-10-18(21)11-9-16)23-19(25)13-24(3)12-15-4-6-17(7-5-15)20(26)22-2/h4-11,14H,12-13H2,1-3H3,(H,22,26)(H,23,25)/p+1/t14-/m0/s1. The van der Waals surface area contributed by atoms with E-state index in [-0.39, 0.29) is 17.9 Å². The lowest BCUT2D eigenvalue weighted by molar-refractivity contribution is -0.885. The van der Waals surface area contributed by atoms with Gasteiger partial charge in [0.05, 0.1) is 13.1 Å². The number of amides is 2. The van der Waals surface area contributed by atoms with Crippen LogP contribution in [0.1, 0.15) is 34.5 Å². The Morgan fingerprint density at radius 2 is 1.69 bits per heavy atom. The first kappa shape index (κ1) is 20.1. The average molecular weight is 419 g/mol. The van der Waals surface area contributed by atoms with Crippen LogP contribution in [0.25, 0.3) is 0 Å². The first-order valence-electron chi connectivity index (χ1n) is 8.56. The number of quaternary nitrogens is 1. The van der Waals surface area contributed by atoms with Crippen LogP contribution in [0.5, 0.6) is 0 Å². The summed E-state index contributed by atoms with van der Waals surface area (Å²) in [6.07, 6.45) is 0. The molecular weight excluding hydrogens is 394 g/mol. The van der Waals surface area contributed by atoms with Gasteiger partial charge in [0.25, 0.3) is 11.8 Å². The van der Waals surface area contributed by atoms with Crippen molar-refractivity contribution >= 4 is 27.7 Å². The molecule has 5 nitrogen and oxygen atoms in total. The van der Waals surface area contributed by atoms with Gasteiger partial charge in [-0.2, -0.15) is 0 Å². The largest absolute Gasteiger partial charge is 0.355 e. The molecule has 138 valence electrons. The number of nitrogens with one attached hydrogen (secondary N) is 3. The highest BCUT2D eigenvalue weighted by atomic mass is 79.9. The number of carbonyl (C=O) groups excluding carboxylic acids is 2. The van der Waals surface area contributed by atoms with Crippen molar-refractivity contribution in [2.24, 2.45) is 0 Å². The van der Waals surface area contributed by atoms with Crippen LogP contribution in [0, 0.1) is 0 Å². The van der Waals surface area contributed by atoms with Crippen LogP contribution >= 0.6 is 15.9 Å². The predicted octanol–water partition coefficient (Wildman–Crippen LogP) is 1.70. The molecule has 0 aliphatic heterocycles. The summed E-state index contributed by atoms with van der Waals surface area (Å²) >= 11 is 3.41. The smallest absolute Gasteiger partial charge is 0.275 e. The van der Waals surface area contributed by atoms with Crippen LogP contribution in [0.15, 0.2) is 53.0 Å². The second-order valence-electron chi connectivity index (χ2n) is 6.43. The van der Waals surface area contributed by atoms with Crippen molar-refractivity contribution in [3.05, 3.63) is 69.7 Å². The molecule has 26 heavy (non-hydrogen) atoms. The number of halogens is 1. The Kier molecular flexibility index (Phi) is 7.36. The molecule has 3 N–H and O–H groups in total. The summed E-state index contributed by atoms with van der Waals surface area (Å²) in [7, 11) is 3.60. The minimum atomic E-state index is -0.0986. The summed E-state index contributed by atoms with van der Waals surface area (Å²) in [5.74, 6) is -0.0848. The summed E-state index contributed by atoms with van der Waals surface area (Å²) in [6.45, 7) is 3.08. The topological polar surface area (TPSA) is 62.6 Å². The van der Waals surface area contributed by atoms with E-state index in [2.05, 4.69) is 26.6 Å². The molecule has 2 aromatic carbocycles. The fourth-order valence-electron chi connectivity index (χ4n) is 2.73. The molecule has 0 radical (unpaired) electrons. The van der Waals surface area contributed by atoms with E-state index in [1.807, 2.05) is 50.4 Å². The number of rotatable bonds is 7. The number of hydrogen-bond donors (Lipinski definition) is 3. The molecular formula is C20H25BrN3O2+. The lowest BCUT2D eigenvalue weighted by Gasteiger charge is -2.17. The van der Waals surface area contributed by atoms with Gasteiger partial charge in [-0.05, 0) is 36.8 Å². The Labute approximate surface area is 162 Å². The van der Waals surface area contributed by atoms with Crippen molar-refractivity contribution in [2.45, 2.75) is 19.5 Å². The second-order valence-corrected chi connectivity index (χ2v) is 7.34. The molecule has 2 amide bonds. The van der Waals surface area contributed by atoms with E-state index in [1.165, 1.54) is 0 Å². The summed E-state index contributed by atoms with van der Waals surface area (Å²) in [4.78, 5) is 24.9. The Bertz CT molecular complexity index is 745. The van der Waals surface area contributed by atoms with Gasteiger partial charge in [0.2, 0.25) is 0 Å². The highest BCUT2D eigenvalue weighted by Gasteiger charge is 2.14. The van der Waals surface area contributed by atoms with Crippen LogP contribution < -0.4 is 15.5 Å². The fourth-order valence-corrected chi connectivity index (χ4v) is 2.99. The van der Waals surface area contributed by atoms with Crippen molar-refractivity contribution in [3.63, 3.8) is 0 Å². The fraction of sp³-hybridized carbons (Fsp3) is 0.300. The third-order valence-electron chi connectivity index (χ3n) is 4.16. The van der Waals surface area contributed by atoms with Gasteiger partial charge in [0.15, 0.2) is 6.54 Å². The molecule has 2 rings (SSSR count). The maximum absolute atomic E-state index is 12.3. The molecule has 0 heterocycles. The van der Waals surface area contributed by atoms with E-state index in [1.54, 1.807) is 19.2 Å². The Morgan fingerprint density at radius 1 is 1.08 bits per heavy atom. The molecule has 2 atom stereocenters. The zero-order valence-electron chi connectivity index (χ0n) is 15.3. The molecule has 0 saturated carbocycles. The van der Waals surface area contributed by atoms with Gasteiger partial charge in [-0.25, -0.2) is 0 Å². The highest BCUT2D eigenvalue weighted by Crippen LogP contribution is 2.16. The maximum atomic E-state index is 12.3. The lowest BCUT2D eigenvalue weighted by Crippen LogP contribution is -3.08. The molecule has 0 spiro atoms. The Balaban J connectivity index is 1.84. The predicted molar refractivity (Wildman–Crippen MR) is 106 cm³/mol. The molecule has 0 aliphatic carbocycles. The van der Waals surface area contributed by atoms with Crippen LogP contribution in [-0.4, -0.2) is 32.5 Å². The third-order valence-corrected chi connectivity index (χ3v) is 4.69. The molecule has 0 fully saturated rings. The highest BCUT2D eigenvalue weighted by molar-refractivity contribution is 9.10. The van der Waals surface area contributed by atoms with E-state index in [9.17, 15) is 9.59 Å². The molecule has 0 bridgehead atoms. The van der Waals surface area contributed by atoms with Crippen molar-refractivity contribution in [1.29, 1.82) is 0 Å². The SMILES string of the molecule is CNC(=O)c1ccc(C[NH+](C)CC(=O)N[C@@H](C)c2ccc(Br)cc2)cc1. The molecule has 0 aliphatic rings. The monoisotopic (exact) mass is 418 g/mol. The third kappa shape index (κ3) is 5.97. The zero-order chi connectivity index (χ0) is 19.1. The van der Waals surface area contributed by atoms with Gasteiger partial charge < -0.3 is 15.5 Å². The Hall–Kier alpha value is -2.18. The van der Waals surface area contributed by atoms with E-state index in [0.717, 1.165) is 20.5 Å². The van der Waals surface area contributed by atoms with E-state index < -0.39 is 0 Å². The average Bonchev–Trinajstić information content (AvgIpc) is 2.61. The van der Waals surface area contributed by atoms with Gasteiger partial charge in [-0.1, -0.05) is 40.2 Å². The molecule has 6 heteroatoms. The quantitative estimate of drug-likeness (QED) is 0.640. The Morgan fingerprint density at radius 3 is 2.27 bits per heavy atom. The number of carbonyl (C=O) groups is 2. The van der Waals surface area contributed by atoms with Gasteiger partial charge in [-0.3, -0.25) is 9.59 Å². The van der Waals surface area contributed by atoms with Gasteiger partial charge in [0.1, 0.15) is 6.54 Å². The van der Waals surface area contributed by atoms with Crippen molar-refractivity contribution in [1.82, 2.24) is 10.6 Å². The van der Waals surface area contributed by atoms with Crippen LogP contribution in [0.4, 0.5) is 0 Å². The first-order valence-corrected chi connectivity index (χ1v) is 9.35. The summed E-state index contributed by atoms with van der Waals surface area (Å²) in [5, 5.41) is 5.64. The first-order chi connectivity index (χ1) is 12.4. The van der Waals surface area contributed by atoms with Crippen LogP contribution in [-0.2, 0) is 11.3 Å². The van der Waals surface area contributed by atoms with Crippen LogP contribution in [0.2, 0.25) is 0 Å². The summed E-state index contributed by atoms with van der Waals surface area (Å²) in [5.41, 5.74) is 2.79. The van der Waals surface area contributed by atoms with Gasteiger partial charge >= 0.3 is 0 Å². The molecule has 1 unspecified atom stereocenters. The lowest BCUT2D eigenvalue weighted by atomic mass is 10.1. The van der Waals surface area contributed by atoms with Gasteiger partial charge in [0, 0.05) is 22.6 Å². The number of benzene rings is 2. The minimum Gasteiger partial charge on any atom is -0.355 e. The van der Waals surface area contributed by atoms with E-state index in [0.29, 0.717) is 18.7 Å². The van der Waals surface area contributed by atoms with Crippen molar-refractivity contribution in [3.8, 4) is 0 Å². The molecule has 2 aromatic rings. The van der Waals surface area contributed by atoms with E-state index in [4.69, 9.17) is 0 Å². The van der Waals surface area contributed by atoms with E-state index >= 15 is 0 Å². The molecule has 0 saturated heterocycles. The zero-order valence-corrected chi connectivity index (χ0v) is 16.9. The second kappa shape index (κ2) is 9.50. The van der Waals surface area contributed by atoms with Crippen molar-refractivity contribution < 1.29 is 14.5 Å².